The molecule has 0 heterocycles. The first-order chi connectivity index (χ1) is 9.28. The van der Waals surface area contributed by atoms with Gasteiger partial charge in [-0.05, 0) is 33.1 Å². The molecule has 6 heteroatoms. The first-order valence-electron chi connectivity index (χ1n) is 6.15. The van der Waals surface area contributed by atoms with Gasteiger partial charge in [0.2, 0.25) is 11.6 Å². The summed E-state index contributed by atoms with van der Waals surface area (Å²) in [7, 11) is 0. The summed E-state index contributed by atoms with van der Waals surface area (Å²) in [6.45, 7) is 3.46. The SMILES string of the molecule is CC(C)(C#N)CCCCOc1c(F)c(F)cc(F)c1F. The van der Waals surface area contributed by atoms with Crippen LogP contribution >= 0.6 is 0 Å². The summed E-state index contributed by atoms with van der Waals surface area (Å²) in [5.41, 5.74) is -0.485. The van der Waals surface area contributed by atoms with E-state index in [2.05, 4.69) is 6.07 Å². The van der Waals surface area contributed by atoms with Crippen LogP contribution in [0.3, 0.4) is 0 Å². The van der Waals surface area contributed by atoms with E-state index in [0.717, 1.165) is 0 Å². The highest BCUT2D eigenvalue weighted by atomic mass is 19.2. The molecule has 0 N–H and O–H groups in total. The van der Waals surface area contributed by atoms with Gasteiger partial charge in [0.15, 0.2) is 17.4 Å². The summed E-state index contributed by atoms with van der Waals surface area (Å²) < 4.78 is 57.1. The lowest BCUT2D eigenvalue weighted by Crippen LogP contribution is -2.09. The average Bonchev–Trinajstić information content (AvgIpc) is 2.39. The van der Waals surface area contributed by atoms with Crippen molar-refractivity contribution in [3.05, 3.63) is 29.3 Å². The van der Waals surface area contributed by atoms with Crippen LogP contribution in [-0.2, 0) is 0 Å². The van der Waals surface area contributed by atoms with Gasteiger partial charge in [0.25, 0.3) is 0 Å². The number of hydrogen-bond acceptors (Lipinski definition) is 2. The molecule has 0 aliphatic rings. The molecule has 1 rings (SSSR count). The summed E-state index contributed by atoms with van der Waals surface area (Å²) in [5, 5.41) is 8.80. The lowest BCUT2D eigenvalue weighted by atomic mass is 9.89. The molecule has 2 nitrogen and oxygen atoms in total. The molecule has 1 aromatic rings. The Balaban J connectivity index is 2.54. The Bertz CT molecular complexity index is 497. The maximum Gasteiger partial charge on any atom is 0.203 e. The fraction of sp³-hybridized carbons (Fsp3) is 0.500. The maximum atomic E-state index is 13.2. The monoisotopic (exact) mass is 289 g/mol. The Hall–Kier alpha value is -1.77. The molecule has 0 aromatic heterocycles. The molecule has 20 heavy (non-hydrogen) atoms. The third kappa shape index (κ3) is 4.12. The minimum absolute atomic E-state index is 0.0851. The van der Waals surface area contributed by atoms with Gasteiger partial charge in [0, 0.05) is 6.07 Å². The van der Waals surface area contributed by atoms with Gasteiger partial charge in [-0.2, -0.15) is 14.0 Å². The highest BCUT2D eigenvalue weighted by Gasteiger charge is 2.20. The smallest absolute Gasteiger partial charge is 0.203 e. The van der Waals surface area contributed by atoms with Gasteiger partial charge in [-0.25, -0.2) is 8.78 Å². The highest BCUT2D eigenvalue weighted by Crippen LogP contribution is 2.27. The van der Waals surface area contributed by atoms with Crippen molar-refractivity contribution >= 4 is 0 Å². The molecule has 0 fully saturated rings. The van der Waals surface area contributed by atoms with Crippen molar-refractivity contribution in [2.45, 2.75) is 33.1 Å². The lowest BCUT2D eigenvalue weighted by molar-refractivity contribution is 0.258. The molecule has 0 bridgehead atoms. The summed E-state index contributed by atoms with van der Waals surface area (Å²) in [6, 6.07) is 2.25. The van der Waals surface area contributed by atoms with E-state index in [1.807, 2.05) is 0 Å². The van der Waals surface area contributed by atoms with Crippen molar-refractivity contribution in [2.75, 3.05) is 6.61 Å². The van der Waals surface area contributed by atoms with E-state index in [1.165, 1.54) is 0 Å². The lowest BCUT2D eigenvalue weighted by Gasteiger charge is -2.14. The molecular weight excluding hydrogens is 274 g/mol. The van der Waals surface area contributed by atoms with Crippen LogP contribution in [0.2, 0.25) is 0 Å². The summed E-state index contributed by atoms with van der Waals surface area (Å²) in [5.74, 6) is -7.11. The third-order valence-electron chi connectivity index (χ3n) is 2.82. The van der Waals surface area contributed by atoms with Crippen molar-refractivity contribution < 1.29 is 22.3 Å². The molecule has 0 radical (unpaired) electrons. The van der Waals surface area contributed by atoms with Crippen LogP contribution in [0.25, 0.3) is 0 Å². The fourth-order valence-corrected chi connectivity index (χ4v) is 1.58. The second-order valence-corrected chi connectivity index (χ2v) is 5.10. The van der Waals surface area contributed by atoms with E-state index in [0.29, 0.717) is 19.3 Å². The molecule has 1 aromatic carbocycles. The molecule has 0 aliphatic heterocycles. The van der Waals surface area contributed by atoms with E-state index < -0.39 is 34.4 Å². The van der Waals surface area contributed by atoms with Crippen molar-refractivity contribution in [2.24, 2.45) is 5.41 Å². The van der Waals surface area contributed by atoms with E-state index in [1.54, 1.807) is 13.8 Å². The highest BCUT2D eigenvalue weighted by molar-refractivity contribution is 5.28. The number of unbranched alkanes of at least 4 members (excludes halogenated alkanes) is 1. The van der Waals surface area contributed by atoms with Crippen LogP contribution < -0.4 is 4.74 Å². The van der Waals surface area contributed by atoms with Gasteiger partial charge in [-0.3, -0.25) is 0 Å². The van der Waals surface area contributed by atoms with E-state index in [9.17, 15) is 17.6 Å². The van der Waals surface area contributed by atoms with E-state index in [4.69, 9.17) is 10.00 Å². The van der Waals surface area contributed by atoms with Crippen LogP contribution in [-0.4, -0.2) is 6.61 Å². The second kappa shape index (κ2) is 6.60. The average molecular weight is 289 g/mol. The molecule has 110 valence electrons. The zero-order chi connectivity index (χ0) is 15.3. The quantitative estimate of drug-likeness (QED) is 0.443. The number of nitrogens with zero attached hydrogens (tertiary/aromatic N) is 1. The Kier molecular flexibility index (Phi) is 5.37. The number of benzene rings is 1. The fourth-order valence-electron chi connectivity index (χ4n) is 1.58. The molecule has 0 unspecified atom stereocenters. The van der Waals surface area contributed by atoms with Gasteiger partial charge in [-0.1, -0.05) is 0 Å². The largest absolute Gasteiger partial charge is 0.487 e. The van der Waals surface area contributed by atoms with Crippen molar-refractivity contribution in [3.8, 4) is 11.8 Å². The number of ether oxygens (including phenoxy) is 1. The Morgan fingerprint density at radius 3 is 2.15 bits per heavy atom. The van der Waals surface area contributed by atoms with Crippen LogP contribution in [0.15, 0.2) is 6.07 Å². The van der Waals surface area contributed by atoms with Gasteiger partial charge >= 0.3 is 0 Å². The topological polar surface area (TPSA) is 33.0 Å². The van der Waals surface area contributed by atoms with Crippen LogP contribution in [0.4, 0.5) is 17.6 Å². The molecule has 0 atom stereocenters. The maximum absolute atomic E-state index is 13.2. The summed E-state index contributed by atoms with van der Waals surface area (Å²) in [4.78, 5) is 0. The van der Waals surface area contributed by atoms with Gasteiger partial charge in [-0.15, -0.1) is 0 Å². The molecule has 0 amide bonds. The van der Waals surface area contributed by atoms with Crippen molar-refractivity contribution in [1.82, 2.24) is 0 Å². The second-order valence-electron chi connectivity index (χ2n) is 5.10. The van der Waals surface area contributed by atoms with Crippen molar-refractivity contribution in [1.29, 1.82) is 5.26 Å². The van der Waals surface area contributed by atoms with Gasteiger partial charge < -0.3 is 4.74 Å². The summed E-state index contributed by atoms with van der Waals surface area (Å²) in [6.07, 6.45) is 1.61. The number of halogens is 4. The number of nitriles is 1. The zero-order valence-electron chi connectivity index (χ0n) is 11.3. The molecule has 0 saturated heterocycles. The molecular formula is C14H15F4NO. The normalized spacial score (nSPS) is 11.2. The Morgan fingerprint density at radius 1 is 1.10 bits per heavy atom. The van der Waals surface area contributed by atoms with E-state index in [-0.39, 0.29) is 12.7 Å². The minimum Gasteiger partial charge on any atom is -0.487 e. The van der Waals surface area contributed by atoms with E-state index >= 15 is 0 Å². The van der Waals surface area contributed by atoms with Crippen LogP contribution in [0, 0.1) is 40.0 Å². The van der Waals surface area contributed by atoms with Gasteiger partial charge in [0.1, 0.15) is 0 Å². The Labute approximate surface area is 115 Å². The first-order valence-corrected chi connectivity index (χ1v) is 6.15. The number of hydrogen-bond donors (Lipinski definition) is 0. The number of rotatable bonds is 6. The van der Waals surface area contributed by atoms with Crippen molar-refractivity contribution in [3.63, 3.8) is 0 Å². The predicted octanol–water partition coefficient (Wildman–Crippen LogP) is 4.34. The third-order valence-corrected chi connectivity index (χ3v) is 2.82. The standard InChI is InChI=1S/C14H15F4NO/c1-14(2,8-19)5-3-4-6-20-13-11(17)9(15)7-10(16)12(13)18/h7H,3-6H2,1-2H3. The molecule has 0 aliphatic carbocycles. The molecule has 0 saturated carbocycles. The zero-order valence-corrected chi connectivity index (χ0v) is 11.3. The molecule has 0 spiro atoms. The minimum atomic E-state index is -1.54. The van der Waals surface area contributed by atoms with Gasteiger partial charge in [0.05, 0.1) is 18.1 Å². The van der Waals surface area contributed by atoms with Crippen LogP contribution in [0.1, 0.15) is 33.1 Å². The van der Waals surface area contributed by atoms with Crippen LogP contribution in [0.5, 0.6) is 5.75 Å². The predicted molar refractivity (Wildman–Crippen MR) is 65.0 cm³/mol. The summed E-state index contributed by atoms with van der Waals surface area (Å²) >= 11 is 0. The first kappa shape index (κ1) is 16.3. The Morgan fingerprint density at radius 2 is 1.65 bits per heavy atom.